The van der Waals surface area contributed by atoms with Crippen molar-refractivity contribution in [3.63, 3.8) is 0 Å². The van der Waals surface area contributed by atoms with Gasteiger partial charge in [-0.05, 0) is 43.3 Å². The Kier molecular flexibility index (Phi) is 4.83. The van der Waals surface area contributed by atoms with E-state index in [1.54, 1.807) is 6.92 Å². The number of aryl methyl sites for hydroxylation is 1. The molecule has 0 saturated heterocycles. The average Bonchev–Trinajstić information content (AvgIpc) is 2.55. The summed E-state index contributed by atoms with van der Waals surface area (Å²) >= 11 is 8.96. The second-order valence-electron chi connectivity index (χ2n) is 5.76. The fourth-order valence-corrected chi connectivity index (χ4v) is 3.57. The molecule has 3 rings (SSSR count). The summed E-state index contributed by atoms with van der Waals surface area (Å²) in [6, 6.07) is 15.6. The molecule has 0 fully saturated rings. The normalized spacial score (nSPS) is 17.3. The highest BCUT2D eigenvalue weighted by atomic mass is 79.9. The lowest BCUT2D eigenvalue weighted by Gasteiger charge is -2.31. The molecule has 0 bridgehead atoms. The molecule has 0 aliphatic carbocycles. The Balaban J connectivity index is 2.20. The van der Waals surface area contributed by atoms with Crippen molar-refractivity contribution < 1.29 is 4.79 Å². The molecule has 122 valence electrons. The number of nitrogens with one attached hydrogen (secondary N) is 2. The molecule has 0 saturated carbocycles. The van der Waals surface area contributed by atoms with Gasteiger partial charge in [-0.3, -0.25) is 4.79 Å². The quantitative estimate of drug-likeness (QED) is 0.754. The summed E-state index contributed by atoms with van der Waals surface area (Å²) in [7, 11) is 0. The van der Waals surface area contributed by atoms with Crippen LogP contribution >= 0.6 is 28.1 Å². The van der Waals surface area contributed by atoms with Gasteiger partial charge in [0, 0.05) is 10.0 Å². The first-order chi connectivity index (χ1) is 11.5. The predicted octanol–water partition coefficient (Wildman–Crippen LogP) is 4.28. The maximum Gasteiger partial charge on any atom is 0.171 e. The minimum absolute atomic E-state index is 0.00817. The van der Waals surface area contributed by atoms with Crippen LogP contribution < -0.4 is 10.6 Å². The van der Waals surface area contributed by atoms with E-state index in [4.69, 9.17) is 12.2 Å². The van der Waals surface area contributed by atoms with E-state index in [1.165, 1.54) is 5.56 Å². The monoisotopic (exact) mass is 400 g/mol. The molecular formula is C19H17BrN2OS. The average molecular weight is 401 g/mol. The zero-order chi connectivity index (χ0) is 17.3. The Bertz CT molecular complexity index is 843. The highest BCUT2D eigenvalue weighted by molar-refractivity contribution is 9.10. The van der Waals surface area contributed by atoms with Gasteiger partial charge in [-0.2, -0.15) is 0 Å². The second kappa shape index (κ2) is 6.87. The van der Waals surface area contributed by atoms with E-state index >= 15 is 0 Å². The number of Topliss-reactive ketones (excluding diaryl/α,β-unsaturated/α-hetero) is 1. The van der Waals surface area contributed by atoms with Crippen molar-refractivity contribution in [3.8, 4) is 0 Å². The molecule has 24 heavy (non-hydrogen) atoms. The molecule has 0 aromatic heterocycles. The molecule has 0 radical (unpaired) electrons. The third kappa shape index (κ3) is 3.28. The Hall–Kier alpha value is -1.98. The van der Waals surface area contributed by atoms with Crippen LogP contribution in [0.1, 0.15) is 29.7 Å². The molecule has 1 heterocycles. The lowest BCUT2D eigenvalue weighted by Crippen LogP contribution is -2.44. The summed E-state index contributed by atoms with van der Waals surface area (Å²) in [5.74, 6) is 0.00817. The van der Waals surface area contributed by atoms with Crippen molar-refractivity contribution in [1.82, 2.24) is 10.6 Å². The zero-order valence-electron chi connectivity index (χ0n) is 13.4. The van der Waals surface area contributed by atoms with E-state index in [2.05, 4.69) is 26.6 Å². The molecule has 1 aliphatic rings. The topological polar surface area (TPSA) is 41.1 Å². The fourth-order valence-electron chi connectivity index (χ4n) is 2.83. The smallest absolute Gasteiger partial charge is 0.171 e. The molecule has 1 aliphatic heterocycles. The minimum atomic E-state index is -0.289. The van der Waals surface area contributed by atoms with Gasteiger partial charge < -0.3 is 10.6 Å². The van der Waals surface area contributed by atoms with Gasteiger partial charge >= 0.3 is 0 Å². The van der Waals surface area contributed by atoms with Crippen LogP contribution in [0.5, 0.6) is 0 Å². The largest absolute Gasteiger partial charge is 0.351 e. The van der Waals surface area contributed by atoms with Crippen molar-refractivity contribution in [2.45, 2.75) is 19.9 Å². The Morgan fingerprint density at radius 1 is 1.12 bits per heavy atom. The molecule has 0 unspecified atom stereocenters. The van der Waals surface area contributed by atoms with Gasteiger partial charge in [-0.1, -0.05) is 64.0 Å². The van der Waals surface area contributed by atoms with Gasteiger partial charge in [-0.25, -0.2) is 0 Å². The van der Waals surface area contributed by atoms with Crippen LogP contribution in [0.2, 0.25) is 0 Å². The maximum atomic E-state index is 12.5. The van der Waals surface area contributed by atoms with E-state index in [0.717, 1.165) is 21.3 Å². The molecule has 2 aromatic carbocycles. The van der Waals surface area contributed by atoms with Gasteiger partial charge in [-0.15, -0.1) is 0 Å². The van der Waals surface area contributed by atoms with Crippen molar-refractivity contribution in [2.75, 3.05) is 0 Å². The van der Waals surface area contributed by atoms with Crippen LogP contribution in [-0.2, 0) is 4.79 Å². The van der Waals surface area contributed by atoms with Gasteiger partial charge in [0.2, 0.25) is 0 Å². The number of benzene rings is 2. The number of ketones is 1. The molecule has 1 atom stereocenters. The van der Waals surface area contributed by atoms with Crippen LogP contribution in [0, 0.1) is 6.92 Å². The van der Waals surface area contributed by atoms with E-state index in [9.17, 15) is 4.79 Å². The number of thiocarbonyl (C=S) groups is 1. The van der Waals surface area contributed by atoms with E-state index in [-0.39, 0.29) is 11.8 Å². The second-order valence-corrected chi connectivity index (χ2v) is 7.03. The van der Waals surface area contributed by atoms with Crippen LogP contribution in [-0.4, -0.2) is 10.9 Å². The summed E-state index contributed by atoms with van der Waals surface area (Å²) in [5.41, 5.74) is 4.55. The highest BCUT2D eigenvalue weighted by Gasteiger charge is 2.31. The van der Waals surface area contributed by atoms with Crippen molar-refractivity contribution >= 4 is 44.7 Å². The maximum absolute atomic E-state index is 12.5. The third-order valence-corrected chi connectivity index (χ3v) is 4.95. The van der Waals surface area contributed by atoms with Crippen molar-refractivity contribution in [3.05, 3.63) is 75.3 Å². The van der Waals surface area contributed by atoms with Gasteiger partial charge in [0.25, 0.3) is 0 Å². The fraction of sp³-hybridized carbons (Fsp3) is 0.158. The van der Waals surface area contributed by atoms with E-state index < -0.39 is 0 Å². The number of carbonyl (C=O) groups excluding carboxylic acids is 1. The van der Waals surface area contributed by atoms with Crippen molar-refractivity contribution in [1.29, 1.82) is 0 Å². The molecule has 5 heteroatoms. The van der Waals surface area contributed by atoms with Gasteiger partial charge in [0.1, 0.15) is 0 Å². The van der Waals surface area contributed by atoms with Crippen LogP contribution in [0.4, 0.5) is 0 Å². The Labute approximate surface area is 155 Å². The van der Waals surface area contributed by atoms with Crippen LogP contribution in [0.15, 0.2) is 58.6 Å². The highest BCUT2D eigenvalue weighted by Crippen LogP contribution is 2.34. The summed E-state index contributed by atoms with van der Waals surface area (Å²) in [4.78, 5) is 12.5. The summed E-state index contributed by atoms with van der Waals surface area (Å²) in [6.07, 6.45) is 0. The number of halogens is 1. The van der Waals surface area contributed by atoms with Gasteiger partial charge in [0.05, 0.1) is 11.7 Å². The molecule has 0 spiro atoms. The molecule has 2 N–H and O–H groups in total. The predicted molar refractivity (Wildman–Crippen MR) is 105 cm³/mol. The first-order valence-corrected chi connectivity index (χ1v) is 8.81. The lowest BCUT2D eigenvalue weighted by atomic mass is 9.90. The van der Waals surface area contributed by atoms with Gasteiger partial charge in [0.15, 0.2) is 10.9 Å². The lowest BCUT2D eigenvalue weighted by molar-refractivity contribution is -0.113. The van der Waals surface area contributed by atoms with E-state index in [0.29, 0.717) is 10.7 Å². The summed E-state index contributed by atoms with van der Waals surface area (Å²) in [5, 5.41) is 6.90. The van der Waals surface area contributed by atoms with Crippen LogP contribution in [0.25, 0.3) is 5.70 Å². The zero-order valence-corrected chi connectivity index (χ0v) is 15.8. The van der Waals surface area contributed by atoms with E-state index in [1.807, 2.05) is 55.5 Å². The van der Waals surface area contributed by atoms with Crippen molar-refractivity contribution in [2.24, 2.45) is 0 Å². The third-order valence-electron chi connectivity index (χ3n) is 4.01. The standard InChI is InChI=1S/C19H17BrN2OS/c1-11-7-9-13(10-8-11)17-16(12(2)23)18(22-19(24)21-17)14-5-3-4-6-15(14)20/h3-10,18H,1-2H3,(H2,21,22,24)/t18-/m0/s1. The molecule has 3 nitrogen and oxygen atoms in total. The molecular weight excluding hydrogens is 384 g/mol. The molecule has 2 aromatic rings. The first kappa shape index (κ1) is 16.9. The minimum Gasteiger partial charge on any atom is -0.351 e. The molecule has 0 amide bonds. The first-order valence-electron chi connectivity index (χ1n) is 7.61. The summed E-state index contributed by atoms with van der Waals surface area (Å²) in [6.45, 7) is 3.62. The Morgan fingerprint density at radius 3 is 2.42 bits per heavy atom. The number of hydrogen-bond acceptors (Lipinski definition) is 2. The Morgan fingerprint density at radius 2 is 1.79 bits per heavy atom. The van der Waals surface area contributed by atoms with Crippen LogP contribution in [0.3, 0.4) is 0 Å². The summed E-state index contributed by atoms with van der Waals surface area (Å²) < 4.78 is 0.939. The SMILES string of the molecule is CC(=O)C1=C(c2ccc(C)cc2)NC(=S)N[C@H]1c1ccccc1Br. The number of hydrogen-bond donors (Lipinski definition) is 2. The number of carbonyl (C=O) groups is 1. The number of rotatable bonds is 3.